The Morgan fingerprint density at radius 3 is 2.28 bits per heavy atom. The summed E-state index contributed by atoms with van der Waals surface area (Å²) < 4.78 is 55.7. The van der Waals surface area contributed by atoms with Crippen LogP contribution in [0.1, 0.15) is 5.56 Å². The molecule has 10 heteroatoms. The zero-order chi connectivity index (χ0) is 18.2. The first-order chi connectivity index (χ1) is 11.8. The van der Waals surface area contributed by atoms with Crippen molar-refractivity contribution in [3.05, 3.63) is 53.8 Å². The van der Waals surface area contributed by atoms with Crippen LogP contribution in [0.3, 0.4) is 0 Å². The molecule has 5 nitrogen and oxygen atoms in total. The normalized spacial score (nSPS) is 11.7. The van der Waals surface area contributed by atoms with Gasteiger partial charge >= 0.3 is 6.18 Å². The molecule has 1 aromatic heterocycles. The first-order valence-electron chi connectivity index (χ1n) is 6.87. The molecule has 0 saturated carbocycles. The summed E-state index contributed by atoms with van der Waals surface area (Å²) in [6, 6.07) is 9.87. The zero-order valence-corrected chi connectivity index (χ0v) is 13.3. The van der Waals surface area contributed by atoms with Crippen LogP contribution < -0.4 is 11.5 Å². The van der Waals surface area contributed by atoms with Crippen LogP contribution in [0, 0.1) is 5.82 Å². The van der Waals surface area contributed by atoms with Crippen molar-refractivity contribution in [2.24, 2.45) is 0 Å². The summed E-state index contributed by atoms with van der Waals surface area (Å²) in [7, 11) is 0. The minimum Gasteiger partial charge on any atom is -0.368 e. The molecule has 0 saturated heterocycles. The van der Waals surface area contributed by atoms with Crippen LogP contribution in [0.25, 0.3) is 5.69 Å². The first kappa shape index (κ1) is 17.1. The highest BCUT2D eigenvalue weighted by Crippen LogP contribution is 2.42. The van der Waals surface area contributed by atoms with Gasteiger partial charge in [-0.15, -0.1) is 5.10 Å². The van der Waals surface area contributed by atoms with Crippen LogP contribution in [-0.2, 0) is 6.18 Å². The Morgan fingerprint density at radius 1 is 1.04 bits per heavy atom. The molecule has 2 aromatic carbocycles. The van der Waals surface area contributed by atoms with E-state index in [0.717, 1.165) is 16.8 Å². The van der Waals surface area contributed by atoms with Gasteiger partial charge in [0, 0.05) is 11.0 Å². The van der Waals surface area contributed by atoms with E-state index in [2.05, 4.69) is 10.1 Å². The number of hydrogen-bond acceptors (Lipinski definition) is 5. The topological polar surface area (TPSA) is 82.7 Å². The average molecular weight is 369 g/mol. The first-order valence-corrected chi connectivity index (χ1v) is 7.69. The molecular formula is C15H11F4N5S. The van der Waals surface area contributed by atoms with Crippen molar-refractivity contribution in [1.29, 1.82) is 0 Å². The maximum absolute atomic E-state index is 14.5. The molecule has 0 atom stereocenters. The van der Waals surface area contributed by atoms with E-state index in [1.165, 1.54) is 0 Å². The number of rotatable bonds is 3. The Bertz CT molecular complexity index is 908. The van der Waals surface area contributed by atoms with Crippen LogP contribution in [-0.4, -0.2) is 14.8 Å². The third-order valence-corrected chi connectivity index (χ3v) is 4.32. The quantitative estimate of drug-likeness (QED) is 0.687. The molecule has 0 amide bonds. The number of anilines is 2. The zero-order valence-electron chi connectivity index (χ0n) is 12.5. The largest absolute Gasteiger partial charge is 0.417 e. The van der Waals surface area contributed by atoms with Gasteiger partial charge in [0.2, 0.25) is 11.9 Å². The van der Waals surface area contributed by atoms with Gasteiger partial charge in [0.15, 0.2) is 0 Å². The third-order valence-electron chi connectivity index (χ3n) is 3.19. The molecule has 0 bridgehead atoms. The number of alkyl halides is 3. The van der Waals surface area contributed by atoms with E-state index in [4.69, 9.17) is 11.5 Å². The van der Waals surface area contributed by atoms with Crippen molar-refractivity contribution in [2.45, 2.75) is 16.0 Å². The number of halogens is 4. The van der Waals surface area contributed by atoms with E-state index in [9.17, 15) is 17.6 Å². The highest BCUT2D eigenvalue weighted by Gasteiger charge is 2.36. The van der Waals surface area contributed by atoms with Crippen LogP contribution in [0.5, 0.6) is 0 Å². The minimum absolute atomic E-state index is 0.219. The third kappa shape index (κ3) is 3.53. The highest BCUT2D eigenvalue weighted by molar-refractivity contribution is 7.99. The predicted octanol–water partition coefficient (Wildman–Crippen LogP) is 3.74. The average Bonchev–Trinajstić information content (AvgIpc) is 2.87. The number of nitrogens with two attached hydrogens (primary N) is 2. The van der Waals surface area contributed by atoms with Gasteiger partial charge in [-0.25, -0.2) is 4.39 Å². The molecule has 0 radical (unpaired) electrons. The van der Waals surface area contributed by atoms with Gasteiger partial charge in [-0.1, -0.05) is 30.0 Å². The van der Waals surface area contributed by atoms with E-state index in [-0.39, 0.29) is 17.6 Å². The van der Waals surface area contributed by atoms with Crippen LogP contribution in [0.4, 0.5) is 29.5 Å². The maximum atomic E-state index is 14.5. The molecule has 0 aliphatic carbocycles. The van der Waals surface area contributed by atoms with E-state index in [1.54, 1.807) is 30.3 Å². The number of aromatic nitrogens is 3. The number of benzene rings is 2. The van der Waals surface area contributed by atoms with Crippen molar-refractivity contribution in [2.75, 3.05) is 11.5 Å². The molecule has 130 valence electrons. The molecule has 3 rings (SSSR count). The summed E-state index contributed by atoms with van der Waals surface area (Å²) in [6.07, 6.45) is -4.77. The lowest BCUT2D eigenvalue weighted by Gasteiger charge is -2.15. The van der Waals surface area contributed by atoms with Gasteiger partial charge in [0.25, 0.3) is 0 Å². The van der Waals surface area contributed by atoms with Gasteiger partial charge in [0.1, 0.15) is 5.82 Å². The second-order valence-electron chi connectivity index (χ2n) is 4.96. The van der Waals surface area contributed by atoms with Crippen molar-refractivity contribution < 1.29 is 17.6 Å². The Kier molecular flexibility index (Phi) is 4.29. The molecule has 0 spiro atoms. The number of nitrogens with zero attached hydrogens (tertiary/aromatic N) is 3. The fraction of sp³-hybridized carbons (Fsp3) is 0.0667. The number of hydrogen-bond donors (Lipinski definition) is 2. The highest BCUT2D eigenvalue weighted by atomic mass is 32.2. The smallest absolute Gasteiger partial charge is 0.368 e. The monoisotopic (exact) mass is 369 g/mol. The molecule has 0 unspecified atom stereocenters. The summed E-state index contributed by atoms with van der Waals surface area (Å²) in [5.41, 5.74) is 9.56. The van der Waals surface area contributed by atoms with Crippen LogP contribution >= 0.6 is 11.8 Å². The summed E-state index contributed by atoms with van der Waals surface area (Å²) in [6.45, 7) is 0. The van der Waals surface area contributed by atoms with Crippen LogP contribution in [0.15, 0.2) is 52.3 Å². The summed E-state index contributed by atoms with van der Waals surface area (Å²) >= 11 is 0.685. The van der Waals surface area contributed by atoms with Gasteiger partial charge in [-0.2, -0.15) is 22.8 Å². The Hall–Kier alpha value is -2.75. The second kappa shape index (κ2) is 6.28. The molecule has 3 aromatic rings. The molecule has 25 heavy (non-hydrogen) atoms. The van der Waals surface area contributed by atoms with Crippen molar-refractivity contribution in [3.8, 4) is 5.69 Å². The molecule has 0 aliphatic heterocycles. The van der Waals surface area contributed by atoms with E-state index in [1.807, 2.05) is 0 Å². The number of nitrogen functional groups attached to an aromatic ring is 2. The lowest BCUT2D eigenvalue weighted by atomic mass is 10.2. The summed E-state index contributed by atoms with van der Waals surface area (Å²) in [5, 5.41) is 3.68. The molecule has 0 fully saturated rings. The second-order valence-corrected chi connectivity index (χ2v) is 6.04. The van der Waals surface area contributed by atoms with E-state index < -0.39 is 22.5 Å². The lowest BCUT2D eigenvalue weighted by Crippen LogP contribution is -2.11. The lowest BCUT2D eigenvalue weighted by molar-refractivity contribution is -0.140. The maximum Gasteiger partial charge on any atom is 0.417 e. The van der Waals surface area contributed by atoms with Gasteiger partial charge in [-0.3, -0.25) is 0 Å². The van der Waals surface area contributed by atoms with Gasteiger partial charge in [0.05, 0.1) is 16.1 Å². The predicted molar refractivity (Wildman–Crippen MR) is 85.7 cm³/mol. The summed E-state index contributed by atoms with van der Waals surface area (Å²) in [4.78, 5) is 3.54. The Labute approximate surface area is 143 Å². The molecule has 4 N–H and O–H groups in total. The standard InChI is InChI=1S/C15H11F4N5S/c16-11-7-8(24-14(21)22-13(20)23-24)6-10(15(17,18)19)12(11)25-9-4-2-1-3-5-9/h1-7H,(H4,20,21,22,23). The molecule has 1 heterocycles. The summed E-state index contributed by atoms with van der Waals surface area (Å²) in [5.74, 6) is -1.52. The fourth-order valence-electron chi connectivity index (χ4n) is 2.15. The van der Waals surface area contributed by atoms with E-state index >= 15 is 0 Å². The SMILES string of the molecule is Nc1nc(N)n(-c2cc(F)c(Sc3ccccc3)c(C(F)(F)F)c2)n1. The van der Waals surface area contributed by atoms with Crippen molar-refractivity contribution in [1.82, 2.24) is 14.8 Å². The van der Waals surface area contributed by atoms with Crippen molar-refractivity contribution >= 4 is 23.7 Å². The van der Waals surface area contributed by atoms with E-state index in [0.29, 0.717) is 16.7 Å². The molecular weight excluding hydrogens is 358 g/mol. The van der Waals surface area contributed by atoms with Crippen molar-refractivity contribution in [3.63, 3.8) is 0 Å². The van der Waals surface area contributed by atoms with Gasteiger partial charge in [-0.05, 0) is 18.2 Å². The van der Waals surface area contributed by atoms with Crippen LogP contribution in [0.2, 0.25) is 0 Å². The van der Waals surface area contributed by atoms with Gasteiger partial charge < -0.3 is 11.5 Å². The minimum atomic E-state index is -4.77. The fourth-order valence-corrected chi connectivity index (χ4v) is 3.12. The Morgan fingerprint density at radius 2 is 1.72 bits per heavy atom. The molecule has 0 aliphatic rings. The Balaban J connectivity index is 2.14.